The first-order valence-corrected chi connectivity index (χ1v) is 8.88. The number of H-pyrrole nitrogens is 1. The monoisotopic (exact) mass is 363 g/mol. The van der Waals surface area contributed by atoms with Gasteiger partial charge in [0.25, 0.3) is 0 Å². The van der Waals surface area contributed by atoms with Crippen LogP contribution in [0.3, 0.4) is 0 Å². The van der Waals surface area contributed by atoms with Crippen molar-refractivity contribution in [1.82, 2.24) is 4.98 Å². The van der Waals surface area contributed by atoms with Crippen LogP contribution in [0.4, 0.5) is 0 Å². The first-order chi connectivity index (χ1) is 13.2. The third-order valence-electron chi connectivity index (χ3n) is 4.08. The van der Waals surface area contributed by atoms with Crippen LogP contribution in [0.1, 0.15) is 34.7 Å². The average molecular weight is 363 g/mol. The van der Waals surface area contributed by atoms with E-state index in [0.29, 0.717) is 16.8 Å². The van der Waals surface area contributed by atoms with Gasteiger partial charge < -0.3 is 14.5 Å². The number of carbonyl (C=O) groups excluding carboxylic acids is 2. The molecule has 0 aliphatic carbocycles. The normalized spacial score (nSPS) is 10.4. The van der Waals surface area contributed by atoms with Gasteiger partial charge in [-0.2, -0.15) is 0 Å². The van der Waals surface area contributed by atoms with Gasteiger partial charge in [0.05, 0.1) is 24.5 Å². The zero-order valence-corrected chi connectivity index (χ0v) is 15.3. The molecule has 1 aromatic heterocycles. The fourth-order valence-electron chi connectivity index (χ4n) is 2.98. The van der Waals surface area contributed by atoms with Crippen molar-refractivity contribution in [3.63, 3.8) is 0 Å². The van der Waals surface area contributed by atoms with E-state index in [9.17, 15) is 9.59 Å². The molecule has 0 aliphatic heterocycles. The molecule has 5 heteroatoms. The van der Waals surface area contributed by atoms with Gasteiger partial charge in [0, 0.05) is 5.56 Å². The molecule has 138 valence electrons. The number of benzene rings is 2. The van der Waals surface area contributed by atoms with Crippen LogP contribution in [0.15, 0.2) is 60.7 Å². The van der Waals surface area contributed by atoms with Gasteiger partial charge in [0.2, 0.25) is 0 Å². The number of aromatic nitrogens is 1. The molecule has 0 radical (unpaired) electrons. The molecule has 0 aliphatic rings. The molecule has 3 rings (SSSR count). The Hall–Kier alpha value is -3.34. The minimum absolute atomic E-state index is 0.237. The number of hydrogen-bond acceptors (Lipinski definition) is 4. The van der Waals surface area contributed by atoms with Gasteiger partial charge in [-0.1, -0.05) is 60.7 Å². The molecule has 3 aromatic rings. The maximum atomic E-state index is 12.8. The molecule has 1 N–H and O–H groups in total. The summed E-state index contributed by atoms with van der Waals surface area (Å²) in [5, 5.41) is 0. The molecule has 1 heterocycles. The van der Waals surface area contributed by atoms with E-state index in [1.165, 1.54) is 0 Å². The summed E-state index contributed by atoms with van der Waals surface area (Å²) in [6.45, 7) is 3.97. The number of hydrogen-bond donors (Lipinski definition) is 1. The Bertz CT molecular complexity index is 930. The third-order valence-corrected chi connectivity index (χ3v) is 4.08. The van der Waals surface area contributed by atoms with Crippen LogP contribution in [-0.4, -0.2) is 30.1 Å². The Morgan fingerprint density at radius 2 is 1.30 bits per heavy atom. The lowest BCUT2D eigenvalue weighted by Gasteiger charge is -2.08. The second-order valence-electron chi connectivity index (χ2n) is 5.80. The highest BCUT2D eigenvalue weighted by atomic mass is 16.5. The van der Waals surface area contributed by atoms with Gasteiger partial charge >= 0.3 is 11.9 Å². The molecule has 27 heavy (non-hydrogen) atoms. The highest BCUT2D eigenvalue weighted by Gasteiger charge is 2.29. The second kappa shape index (κ2) is 8.36. The van der Waals surface area contributed by atoms with Crippen LogP contribution in [0.2, 0.25) is 0 Å². The molecule has 0 unspecified atom stereocenters. The van der Waals surface area contributed by atoms with Crippen molar-refractivity contribution in [3.05, 3.63) is 71.9 Å². The molecule has 2 aromatic carbocycles. The van der Waals surface area contributed by atoms with Gasteiger partial charge in [-0.3, -0.25) is 0 Å². The second-order valence-corrected chi connectivity index (χ2v) is 5.80. The lowest BCUT2D eigenvalue weighted by molar-refractivity contribution is 0.0519. The van der Waals surface area contributed by atoms with Crippen LogP contribution in [0.25, 0.3) is 22.4 Å². The zero-order valence-electron chi connectivity index (χ0n) is 15.3. The molecule has 0 atom stereocenters. The van der Waals surface area contributed by atoms with E-state index in [1.807, 2.05) is 60.7 Å². The predicted molar refractivity (Wildman–Crippen MR) is 104 cm³/mol. The highest BCUT2D eigenvalue weighted by Crippen LogP contribution is 2.36. The minimum Gasteiger partial charge on any atom is -0.462 e. The van der Waals surface area contributed by atoms with E-state index in [-0.39, 0.29) is 18.9 Å². The van der Waals surface area contributed by atoms with E-state index < -0.39 is 11.9 Å². The summed E-state index contributed by atoms with van der Waals surface area (Å²) in [5.41, 5.74) is 3.12. The summed E-state index contributed by atoms with van der Waals surface area (Å²) in [5.74, 6) is -0.994. The molecule has 0 amide bonds. The number of ether oxygens (including phenoxy) is 2. The first-order valence-electron chi connectivity index (χ1n) is 8.88. The molecule has 0 saturated carbocycles. The SMILES string of the molecule is CCOC(=O)c1[nH]c(-c2ccccc2)c(C(=O)OCC)c1-c1ccccc1. The standard InChI is InChI=1S/C22H21NO4/c1-3-26-21(24)18-17(15-11-7-5-8-12-15)20(22(25)27-4-2)23-19(18)16-13-9-6-10-14-16/h5-14,23H,3-4H2,1-2H3. The predicted octanol–water partition coefficient (Wildman–Crippen LogP) is 4.70. The summed E-state index contributed by atoms with van der Waals surface area (Å²) in [4.78, 5) is 28.6. The van der Waals surface area contributed by atoms with E-state index >= 15 is 0 Å². The van der Waals surface area contributed by atoms with E-state index in [4.69, 9.17) is 9.47 Å². The molecule has 0 fully saturated rings. The lowest BCUT2D eigenvalue weighted by atomic mass is 9.98. The van der Waals surface area contributed by atoms with Gasteiger partial charge in [0.1, 0.15) is 5.69 Å². The highest BCUT2D eigenvalue weighted by molar-refractivity contribution is 6.10. The minimum atomic E-state index is -0.510. The first kappa shape index (κ1) is 18.5. The Kier molecular flexibility index (Phi) is 5.71. The van der Waals surface area contributed by atoms with Crippen LogP contribution in [-0.2, 0) is 9.47 Å². The molecule has 0 bridgehead atoms. The largest absolute Gasteiger partial charge is 0.462 e. The molecular weight excluding hydrogens is 342 g/mol. The maximum absolute atomic E-state index is 12.8. The van der Waals surface area contributed by atoms with Crippen molar-refractivity contribution in [2.45, 2.75) is 13.8 Å². The smallest absolute Gasteiger partial charge is 0.355 e. The fraction of sp³-hybridized carbons (Fsp3) is 0.182. The van der Waals surface area contributed by atoms with E-state index in [0.717, 1.165) is 11.1 Å². The van der Waals surface area contributed by atoms with Crippen molar-refractivity contribution in [2.75, 3.05) is 13.2 Å². The average Bonchev–Trinajstić information content (AvgIpc) is 3.10. The number of nitrogens with one attached hydrogen (secondary N) is 1. The summed E-state index contributed by atoms with van der Waals surface area (Å²) in [7, 11) is 0. The Labute approximate surface area is 157 Å². The van der Waals surface area contributed by atoms with Crippen LogP contribution in [0.5, 0.6) is 0 Å². The summed E-state index contributed by atoms with van der Waals surface area (Å²) < 4.78 is 10.5. The van der Waals surface area contributed by atoms with Gasteiger partial charge in [-0.15, -0.1) is 0 Å². The topological polar surface area (TPSA) is 68.4 Å². The van der Waals surface area contributed by atoms with Gasteiger partial charge in [-0.25, -0.2) is 9.59 Å². The molecule has 0 saturated heterocycles. The molecule has 0 spiro atoms. The van der Waals surface area contributed by atoms with E-state index in [2.05, 4.69) is 4.98 Å². The summed E-state index contributed by atoms with van der Waals surface area (Å²) >= 11 is 0. The van der Waals surface area contributed by atoms with Crippen molar-refractivity contribution >= 4 is 11.9 Å². The Morgan fingerprint density at radius 3 is 1.85 bits per heavy atom. The summed E-state index contributed by atoms with van der Waals surface area (Å²) in [6.07, 6.45) is 0. The number of aromatic amines is 1. The Morgan fingerprint density at radius 1 is 0.778 bits per heavy atom. The summed E-state index contributed by atoms with van der Waals surface area (Å²) in [6, 6.07) is 18.7. The lowest BCUT2D eigenvalue weighted by Crippen LogP contribution is -2.09. The van der Waals surface area contributed by atoms with Crippen molar-refractivity contribution in [1.29, 1.82) is 0 Å². The number of esters is 2. The Balaban J connectivity index is 2.31. The number of rotatable bonds is 6. The van der Waals surface area contributed by atoms with Crippen molar-refractivity contribution in [3.8, 4) is 22.4 Å². The van der Waals surface area contributed by atoms with Gasteiger partial charge in [0.15, 0.2) is 0 Å². The third kappa shape index (κ3) is 3.77. The van der Waals surface area contributed by atoms with Crippen molar-refractivity contribution in [2.24, 2.45) is 0 Å². The quantitative estimate of drug-likeness (QED) is 0.645. The molecular formula is C22H21NO4. The van der Waals surface area contributed by atoms with Crippen LogP contribution < -0.4 is 0 Å². The van der Waals surface area contributed by atoms with Crippen molar-refractivity contribution < 1.29 is 19.1 Å². The van der Waals surface area contributed by atoms with E-state index in [1.54, 1.807) is 13.8 Å². The van der Waals surface area contributed by atoms with Crippen LogP contribution in [0, 0.1) is 0 Å². The maximum Gasteiger partial charge on any atom is 0.355 e. The fourth-order valence-corrected chi connectivity index (χ4v) is 2.98. The number of carbonyl (C=O) groups is 2. The van der Waals surface area contributed by atoms with Gasteiger partial charge in [-0.05, 0) is 25.0 Å². The molecule has 5 nitrogen and oxygen atoms in total. The zero-order chi connectivity index (χ0) is 19.2. The van der Waals surface area contributed by atoms with Crippen LogP contribution >= 0.6 is 0 Å².